The third-order valence-electron chi connectivity index (χ3n) is 7.81. The lowest BCUT2D eigenvalue weighted by molar-refractivity contribution is -0.0444. The molecule has 28 heavy (non-hydrogen) atoms. The van der Waals surface area contributed by atoms with Crippen LogP contribution in [0.1, 0.15) is 77.1 Å². The van der Waals surface area contributed by atoms with Crippen molar-refractivity contribution in [2.24, 2.45) is 35.0 Å². The summed E-state index contributed by atoms with van der Waals surface area (Å²) in [5, 5.41) is 0. The van der Waals surface area contributed by atoms with Crippen molar-refractivity contribution in [3.63, 3.8) is 0 Å². The number of ether oxygens (including phenoxy) is 1. The van der Waals surface area contributed by atoms with Gasteiger partial charge in [0.25, 0.3) is 0 Å². The molecule has 2 heteroatoms. The Morgan fingerprint density at radius 3 is 2.46 bits per heavy atom. The van der Waals surface area contributed by atoms with E-state index in [0.717, 1.165) is 12.8 Å². The van der Waals surface area contributed by atoms with Gasteiger partial charge in [-0.05, 0) is 73.3 Å². The van der Waals surface area contributed by atoms with Gasteiger partial charge in [0, 0.05) is 5.92 Å². The lowest BCUT2D eigenvalue weighted by Crippen LogP contribution is -2.43. The third-order valence-corrected chi connectivity index (χ3v) is 7.81. The number of benzene rings is 1. The minimum absolute atomic E-state index is 0.0715. The Labute approximate surface area is 171 Å². The van der Waals surface area contributed by atoms with E-state index in [2.05, 4.69) is 46.8 Å². The van der Waals surface area contributed by atoms with Crippen LogP contribution in [0.4, 0.5) is 0 Å². The number of rotatable bonds is 6. The van der Waals surface area contributed by atoms with Gasteiger partial charge in [-0.2, -0.15) is 0 Å². The van der Waals surface area contributed by atoms with E-state index in [0.29, 0.717) is 35.2 Å². The summed E-state index contributed by atoms with van der Waals surface area (Å²) in [5.41, 5.74) is 0.952. The predicted octanol–water partition coefficient (Wildman–Crippen LogP) is 6.91. The quantitative estimate of drug-likeness (QED) is 0.394. The highest BCUT2D eigenvalue weighted by atomic mass is 16.5. The van der Waals surface area contributed by atoms with E-state index in [9.17, 15) is 4.79 Å². The van der Waals surface area contributed by atoms with Gasteiger partial charge >= 0.3 is 5.97 Å². The summed E-state index contributed by atoms with van der Waals surface area (Å²) in [7, 11) is 0. The highest BCUT2D eigenvalue weighted by Crippen LogP contribution is 2.58. The second kappa shape index (κ2) is 8.84. The van der Waals surface area contributed by atoms with Crippen molar-refractivity contribution >= 4 is 5.97 Å². The van der Waals surface area contributed by atoms with Crippen LogP contribution in [-0.2, 0) is 4.74 Å². The van der Waals surface area contributed by atoms with Gasteiger partial charge in [-0.3, -0.25) is 0 Å². The molecule has 1 aromatic carbocycles. The van der Waals surface area contributed by atoms with Crippen LogP contribution in [0.15, 0.2) is 42.5 Å². The molecule has 0 aromatic heterocycles. The number of fused-ring (bicyclic) bond motifs is 1. The first kappa shape index (κ1) is 21.1. The minimum atomic E-state index is -0.156. The zero-order valence-corrected chi connectivity index (χ0v) is 18.4. The third kappa shape index (κ3) is 4.36. The summed E-state index contributed by atoms with van der Waals surface area (Å²) in [6.07, 6.45) is 10.8. The lowest BCUT2D eigenvalue weighted by Gasteiger charge is -2.45. The molecule has 0 N–H and O–H groups in total. The van der Waals surface area contributed by atoms with E-state index in [1.54, 1.807) is 0 Å². The highest BCUT2D eigenvalue weighted by Gasteiger charge is 2.53. The molecule has 3 rings (SSSR count). The smallest absolute Gasteiger partial charge is 0.338 e. The van der Waals surface area contributed by atoms with Crippen LogP contribution in [0.2, 0.25) is 0 Å². The van der Waals surface area contributed by atoms with Gasteiger partial charge in [0.15, 0.2) is 0 Å². The number of hydrogen-bond donors (Lipinski definition) is 0. The molecule has 0 aliphatic heterocycles. The second-order valence-electron chi connectivity index (χ2n) is 9.85. The van der Waals surface area contributed by atoms with Gasteiger partial charge in [0.2, 0.25) is 0 Å². The molecule has 2 nitrogen and oxygen atoms in total. The summed E-state index contributed by atoms with van der Waals surface area (Å²) in [6, 6.07) is 9.44. The Bertz CT molecular complexity index is 677. The molecule has 2 saturated carbocycles. The van der Waals surface area contributed by atoms with Gasteiger partial charge in [-0.15, -0.1) is 0 Å². The van der Waals surface area contributed by atoms with Crippen molar-refractivity contribution in [2.45, 2.75) is 72.8 Å². The Hall–Kier alpha value is -1.57. The molecule has 0 amide bonds. The van der Waals surface area contributed by atoms with E-state index in [4.69, 9.17) is 4.74 Å². The topological polar surface area (TPSA) is 26.3 Å². The van der Waals surface area contributed by atoms with Crippen LogP contribution in [0.3, 0.4) is 0 Å². The predicted molar refractivity (Wildman–Crippen MR) is 116 cm³/mol. The van der Waals surface area contributed by atoms with E-state index < -0.39 is 0 Å². The van der Waals surface area contributed by atoms with Crippen molar-refractivity contribution in [3.8, 4) is 0 Å². The van der Waals surface area contributed by atoms with Crippen LogP contribution >= 0.6 is 0 Å². The average Bonchev–Trinajstić information content (AvgIpc) is 3.04. The molecule has 0 heterocycles. The largest absolute Gasteiger partial charge is 0.458 e. The van der Waals surface area contributed by atoms with Crippen molar-refractivity contribution in [2.75, 3.05) is 0 Å². The molecule has 6 atom stereocenters. The van der Waals surface area contributed by atoms with Crippen LogP contribution in [-0.4, -0.2) is 12.1 Å². The molecule has 2 fully saturated rings. The van der Waals surface area contributed by atoms with Crippen LogP contribution in [0, 0.1) is 35.0 Å². The SMILES string of the molecule is CC(C)C(C)C=CC(C)C1CCC2C(OC(=O)c3ccccc3)CCCC12C. The number of carbonyl (C=O) groups excluding carboxylic acids is 1. The van der Waals surface area contributed by atoms with Gasteiger partial charge < -0.3 is 4.74 Å². The Morgan fingerprint density at radius 2 is 1.79 bits per heavy atom. The fourth-order valence-electron chi connectivity index (χ4n) is 5.65. The standard InChI is InChI=1S/C26H38O2/c1-18(2)19(3)13-14-20(4)22-15-16-23-24(12-9-17-26(22,23)5)28-25(27)21-10-7-6-8-11-21/h6-8,10-11,13-14,18-20,22-24H,9,12,15-17H2,1-5H3. The molecule has 0 radical (unpaired) electrons. The molecule has 2 aliphatic carbocycles. The number of carbonyl (C=O) groups is 1. The van der Waals surface area contributed by atoms with E-state index >= 15 is 0 Å². The zero-order valence-electron chi connectivity index (χ0n) is 18.4. The number of allylic oxidation sites excluding steroid dienone is 2. The molecule has 154 valence electrons. The first-order valence-corrected chi connectivity index (χ1v) is 11.3. The first-order chi connectivity index (χ1) is 13.3. The van der Waals surface area contributed by atoms with E-state index in [-0.39, 0.29) is 17.5 Å². The minimum Gasteiger partial charge on any atom is -0.458 e. The Kier molecular flexibility index (Phi) is 6.68. The molecule has 0 saturated heterocycles. The van der Waals surface area contributed by atoms with Gasteiger partial charge in [0.05, 0.1) is 5.56 Å². The highest BCUT2D eigenvalue weighted by molar-refractivity contribution is 5.89. The van der Waals surface area contributed by atoms with Gasteiger partial charge in [-0.1, -0.05) is 65.0 Å². The van der Waals surface area contributed by atoms with E-state index in [1.807, 2.05) is 30.3 Å². The molecule has 2 aliphatic rings. The van der Waals surface area contributed by atoms with Gasteiger partial charge in [0.1, 0.15) is 6.10 Å². The maximum Gasteiger partial charge on any atom is 0.338 e. The summed E-state index contributed by atoms with van der Waals surface area (Å²) >= 11 is 0. The van der Waals surface area contributed by atoms with Crippen LogP contribution in [0.5, 0.6) is 0 Å². The summed E-state index contributed by atoms with van der Waals surface area (Å²) in [5.74, 6) is 2.92. The first-order valence-electron chi connectivity index (χ1n) is 11.3. The Balaban J connectivity index is 1.69. The Morgan fingerprint density at radius 1 is 1.07 bits per heavy atom. The zero-order chi connectivity index (χ0) is 20.3. The van der Waals surface area contributed by atoms with Crippen molar-refractivity contribution in [3.05, 3.63) is 48.0 Å². The van der Waals surface area contributed by atoms with Crippen molar-refractivity contribution in [1.82, 2.24) is 0 Å². The molecule has 0 spiro atoms. The fraction of sp³-hybridized carbons (Fsp3) is 0.654. The maximum atomic E-state index is 12.6. The monoisotopic (exact) mass is 382 g/mol. The van der Waals surface area contributed by atoms with Crippen LogP contribution in [0.25, 0.3) is 0 Å². The average molecular weight is 383 g/mol. The second-order valence-corrected chi connectivity index (χ2v) is 9.85. The molecular weight excluding hydrogens is 344 g/mol. The van der Waals surface area contributed by atoms with E-state index in [1.165, 1.54) is 19.3 Å². The molecule has 0 bridgehead atoms. The summed E-state index contributed by atoms with van der Waals surface area (Å²) < 4.78 is 6.06. The van der Waals surface area contributed by atoms with Crippen molar-refractivity contribution < 1.29 is 9.53 Å². The van der Waals surface area contributed by atoms with Crippen molar-refractivity contribution in [1.29, 1.82) is 0 Å². The summed E-state index contributed by atoms with van der Waals surface area (Å²) in [4.78, 5) is 12.6. The number of esters is 1. The lowest BCUT2D eigenvalue weighted by atomic mass is 9.61. The molecule has 6 unspecified atom stereocenters. The maximum absolute atomic E-state index is 12.6. The normalized spacial score (nSPS) is 32.3. The summed E-state index contributed by atoms with van der Waals surface area (Å²) in [6.45, 7) is 11.8. The molecule has 1 aromatic rings. The van der Waals surface area contributed by atoms with Gasteiger partial charge in [-0.25, -0.2) is 4.79 Å². The fourth-order valence-corrected chi connectivity index (χ4v) is 5.65. The molecular formula is C26H38O2. The van der Waals surface area contributed by atoms with Crippen LogP contribution < -0.4 is 0 Å². The number of hydrogen-bond acceptors (Lipinski definition) is 2.